The summed E-state index contributed by atoms with van der Waals surface area (Å²) >= 11 is 1.80. The Kier molecular flexibility index (Phi) is 4.31. The van der Waals surface area contributed by atoms with Crippen molar-refractivity contribution in [3.05, 3.63) is 19.6 Å². The van der Waals surface area contributed by atoms with Gasteiger partial charge in [-0.15, -0.1) is 6.58 Å². The summed E-state index contributed by atoms with van der Waals surface area (Å²) in [6.45, 7) is 9.45. The second-order valence-electron chi connectivity index (χ2n) is 1.43. The summed E-state index contributed by atoms with van der Waals surface area (Å²) in [6.07, 6.45) is 1.90. The minimum absolute atomic E-state index is 0.498. The second kappa shape index (κ2) is 4.25. The zero-order valence-corrected chi connectivity index (χ0v) is 5.50. The summed E-state index contributed by atoms with van der Waals surface area (Å²) in [5, 5.41) is 0.498. The predicted octanol–water partition coefficient (Wildman–Crippen LogP) is 2.13. The Bertz CT molecular complexity index is 48.1. The molecular formula is C6H11S. The summed E-state index contributed by atoms with van der Waals surface area (Å²) in [6, 6.07) is 0. The molecular weight excluding hydrogens is 104 g/mol. The first-order chi connectivity index (χ1) is 3.27. The van der Waals surface area contributed by atoms with Crippen LogP contribution in [0.5, 0.6) is 0 Å². The van der Waals surface area contributed by atoms with E-state index < -0.39 is 0 Å². The molecule has 1 heteroatoms. The van der Waals surface area contributed by atoms with Crippen LogP contribution in [0.25, 0.3) is 0 Å². The van der Waals surface area contributed by atoms with Gasteiger partial charge in [-0.1, -0.05) is 13.0 Å². The lowest BCUT2D eigenvalue weighted by atomic mass is 10.6. The third-order valence-corrected chi connectivity index (χ3v) is 1.50. The maximum atomic E-state index is 3.79. The van der Waals surface area contributed by atoms with Crippen molar-refractivity contribution in [1.82, 2.24) is 0 Å². The molecule has 0 fully saturated rings. The average molecular weight is 115 g/mol. The molecule has 0 nitrogen and oxygen atoms in total. The van der Waals surface area contributed by atoms with Crippen molar-refractivity contribution in [2.45, 2.75) is 12.2 Å². The number of thioether (sulfide) groups is 1. The Hall–Kier alpha value is 0.0900. The van der Waals surface area contributed by atoms with Crippen LogP contribution in [0.2, 0.25) is 0 Å². The van der Waals surface area contributed by atoms with Gasteiger partial charge < -0.3 is 0 Å². The van der Waals surface area contributed by atoms with Crippen molar-refractivity contribution in [3.8, 4) is 0 Å². The van der Waals surface area contributed by atoms with Crippen LogP contribution >= 0.6 is 11.8 Å². The molecule has 0 amide bonds. The van der Waals surface area contributed by atoms with Crippen LogP contribution in [0.4, 0.5) is 0 Å². The average Bonchev–Trinajstić information content (AvgIpc) is 1.61. The minimum Gasteiger partial charge on any atom is -0.155 e. The van der Waals surface area contributed by atoms with Gasteiger partial charge in [0.05, 0.1) is 0 Å². The Morgan fingerprint density at radius 3 is 2.57 bits per heavy atom. The van der Waals surface area contributed by atoms with E-state index in [0.717, 1.165) is 5.75 Å². The van der Waals surface area contributed by atoms with Crippen molar-refractivity contribution < 1.29 is 0 Å². The van der Waals surface area contributed by atoms with Crippen LogP contribution < -0.4 is 0 Å². The van der Waals surface area contributed by atoms with Crippen molar-refractivity contribution >= 4 is 11.8 Å². The summed E-state index contributed by atoms with van der Waals surface area (Å²) in [4.78, 5) is 0. The molecule has 0 aromatic heterocycles. The van der Waals surface area contributed by atoms with Crippen molar-refractivity contribution in [1.29, 1.82) is 0 Å². The highest BCUT2D eigenvalue weighted by atomic mass is 32.2. The lowest BCUT2D eigenvalue weighted by molar-refractivity contribution is 1.25. The molecule has 0 aliphatic carbocycles. The Balaban J connectivity index is 2.81. The quantitative estimate of drug-likeness (QED) is 0.508. The molecule has 1 unspecified atom stereocenters. The predicted molar refractivity (Wildman–Crippen MR) is 37.5 cm³/mol. The smallest absolute Gasteiger partial charge is 0.0113 e. The zero-order valence-electron chi connectivity index (χ0n) is 4.68. The number of rotatable bonds is 3. The highest BCUT2D eigenvalue weighted by molar-refractivity contribution is 8.00. The monoisotopic (exact) mass is 115 g/mol. The first-order valence-electron chi connectivity index (χ1n) is 2.33. The van der Waals surface area contributed by atoms with Crippen LogP contribution in [0.3, 0.4) is 0 Å². The highest BCUT2D eigenvalue weighted by Crippen LogP contribution is 2.06. The van der Waals surface area contributed by atoms with Crippen LogP contribution in [0.15, 0.2) is 12.7 Å². The maximum Gasteiger partial charge on any atom is 0.0113 e. The van der Waals surface area contributed by atoms with Gasteiger partial charge in [-0.25, -0.2) is 0 Å². The van der Waals surface area contributed by atoms with Gasteiger partial charge in [-0.05, 0) is 6.92 Å². The molecule has 1 radical (unpaired) electrons. The number of hydrogen-bond acceptors (Lipinski definition) is 1. The van der Waals surface area contributed by atoms with Gasteiger partial charge in [0.2, 0.25) is 0 Å². The van der Waals surface area contributed by atoms with E-state index in [2.05, 4.69) is 20.4 Å². The normalized spacial score (nSPS) is 9.57. The van der Waals surface area contributed by atoms with Crippen molar-refractivity contribution in [2.24, 2.45) is 0 Å². The van der Waals surface area contributed by atoms with Gasteiger partial charge in [0.1, 0.15) is 0 Å². The topological polar surface area (TPSA) is 0 Å². The maximum absolute atomic E-state index is 3.79. The van der Waals surface area contributed by atoms with Crippen LogP contribution in [0.1, 0.15) is 6.92 Å². The fourth-order valence-electron chi connectivity index (χ4n) is 0.232. The molecule has 0 N–H and O–H groups in total. The summed E-state index contributed by atoms with van der Waals surface area (Å²) in [7, 11) is 0. The van der Waals surface area contributed by atoms with E-state index in [1.807, 2.05) is 6.08 Å². The first kappa shape index (κ1) is 7.09. The Morgan fingerprint density at radius 1 is 1.86 bits per heavy atom. The molecule has 0 aliphatic rings. The van der Waals surface area contributed by atoms with E-state index in [9.17, 15) is 0 Å². The molecule has 0 saturated carbocycles. The molecule has 0 saturated heterocycles. The molecule has 0 aliphatic heterocycles. The largest absolute Gasteiger partial charge is 0.155 e. The molecule has 0 heterocycles. The summed E-state index contributed by atoms with van der Waals surface area (Å²) in [5.41, 5.74) is 0. The van der Waals surface area contributed by atoms with E-state index in [4.69, 9.17) is 0 Å². The zero-order chi connectivity index (χ0) is 5.70. The van der Waals surface area contributed by atoms with Gasteiger partial charge in [0, 0.05) is 11.0 Å². The van der Waals surface area contributed by atoms with Gasteiger partial charge >= 0.3 is 0 Å². The second-order valence-corrected chi connectivity index (χ2v) is 2.90. The van der Waals surface area contributed by atoms with E-state index in [1.165, 1.54) is 0 Å². The first-order valence-corrected chi connectivity index (χ1v) is 3.38. The van der Waals surface area contributed by atoms with E-state index in [1.54, 1.807) is 11.8 Å². The van der Waals surface area contributed by atoms with Crippen molar-refractivity contribution in [2.75, 3.05) is 5.75 Å². The van der Waals surface area contributed by atoms with Gasteiger partial charge in [-0.2, -0.15) is 11.8 Å². The van der Waals surface area contributed by atoms with Crippen molar-refractivity contribution in [3.63, 3.8) is 0 Å². The van der Waals surface area contributed by atoms with E-state index in [0.29, 0.717) is 5.25 Å². The van der Waals surface area contributed by atoms with Crippen LogP contribution in [-0.4, -0.2) is 11.0 Å². The Labute approximate surface area is 50.0 Å². The summed E-state index contributed by atoms with van der Waals surface area (Å²) < 4.78 is 0. The fourth-order valence-corrected chi connectivity index (χ4v) is 0.697. The molecule has 0 spiro atoms. The molecule has 0 rings (SSSR count). The lowest BCUT2D eigenvalue weighted by Crippen LogP contribution is -1.85. The summed E-state index contributed by atoms with van der Waals surface area (Å²) in [5.74, 6) is 1.02. The van der Waals surface area contributed by atoms with Gasteiger partial charge in [-0.3, -0.25) is 0 Å². The molecule has 0 aromatic rings. The molecule has 1 atom stereocenters. The SMILES string of the molecule is [CH2]C(C)SCC=C. The molecule has 41 valence electrons. The van der Waals surface area contributed by atoms with Gasteiger partial charge in [0.15, 0.2) is 0 Å². The van der Waals surface area contributed by atoms with Crippen LogP contribution in [-0.2, 0) is 0 Å². The highest BCUT2D eigenvalue weighted by Gasteiger charge is 1.87. The molecule has 7 heavy (non-hydrogen) atoms. The van der Waals surface area contributed by atoms with E-state index in [-0.39, 0.29) is 0 Å². The van der Waals surface area contributed by atoms with E-state index >= 15 is 0 Å². The number of hydrogen-bond donors (Lipinski definition) is 0. The third kappa shape index (κ3) is 6.09. The molecule has 0 bridgehead atoms. The lowest BCUT2D eigenvalue weighted by Gasteiger charge is -1.97. The fraction of sp³-hybridized carbons (Fsp3) is 0.500. The minimum atomic E-state index is 0.498. The third-order valence-electron chi connectivity index (χ3n) is 0.499. The van der Waals surface area contributed by atoms with Gasteiger partial charge in [0.25, 0.3) is 0 Å². The standard InChI is InChI=1S/C6H11S/c1-4-5-7-6(2)3/h4,6H,1-2,5H2,3H3. The van der Waals surface area contributed by atoms with Crippen LogP contribution in [0, 0.1) is 6.92 Å². The Morgan fingerprint density at radius 2 is 2.43 bits per heavy atom. The molecule has 0 aromatic carbocycles.